The van der Waals surface area contributed by atoms with E-state index in [0.717, 1.165) is 31.0 Å². The summed E-state index contributed by atoms with van der Waals surface area (Å²) in [5.74, 6) is -2.77. The van der Waals surface area contributed by atoms with E-state index in [-0.39, 0.29) is 52.3 Å². The maximum Gasteiger partial charge on any atom is 0.424 e. The van der Waals surface area contributed by atoms with Crippen molar-refractivity contribution in [2.24, 2.45) is 5.73 Å². The number of pyridine rings is 1. The van der Waals surface area contributed by atoms with Crippen molar-refractivity contribution in [3.8, 4) is 28.5 Å². The van der Waals surface area contributed by atoms with Gasteiger partial charge in [0.25, 0.3) is 5.91 Å². The molecule has 5 N–H and O–H groups in total. The van der Waals surface area contributed by atoms with Crippen LogP contribution < -0.4 is 20.5 Å². The highest BCUT2D eigenvalue weighted by Gasteiger charge is 2.57. The molecule has 2 aliphatic rings. The number of phenolic OH excluding ortho intramolecular Hbond substituents is 1. The Morgan fingerprint density at radius 3 is 2.46 bits per heavy atom. The number of aliphatic hydroxyl groups is 1. The van der Waals surface area contributed by atoms with Crippen molar-refractivity contribution in [3.63, 3.8) is 0 Å². The van der Waals surface area contributed by atoms with Gasteiger partial charge in [0.1, 0.15) is 29.3 Å². The monoisotopic (exact) mass is 575 g/mol. The lowest BCUT2D eigenvalue weighted by molar-refractivity contribution is -0.265. The van der Waals surface area contributed by atoms with Crippen LogP contribution in [-0.4, -0.2) is 52.4 Å². The second-order valence-corrected chi connectivity index (χ2v) is 10.3. The SMILES string of the molecule is C[C@]1(C(N)=O)COc2c1cc(C(O)(CNC(=O)c1ccc(O)c(OC3CC3)c1)C(F)(F)F)nc2-c1ccc(F)cc1. The third-order valence-electron chi connectivity index (χ3n) is 7.17. The van der Waals surface area contributed by atoms with E-state index in [9.17, 15) is 37.4 Å². The van der Waals surface area contributed by atoms with E-state index in [2.05, 4.69) is 10.3 Å². The minimum atomic E-state index is -5.36. The molecule has 5 rings (SSSR count). The zero-order valence-corrected chi connectivity index (χ0v) is 21.6. The number of carbonyl (C=O) groups excluding carboxylic acids is 2. The molecule has 216 valence electrons. The molecule has 1 aromatic heterocycles. The fraction of sp³-hybridized carbons (Fsp3) is 0.321. The van der Waals surface area contributed by atoms with Crippen LogP contribution in [0, 0.1) is 5.82 Å². The molecule has 2 aromatic carbocycles. The molecule has 1 saturated carbocycles. The van der Waals surface area contributed by atoms with Crippen molar-refractivity contribution in [3.05, 3.63) is 71.2 Å². The number of phenols is 1. The first kappa shape index (κ1) is 28.1. The largest absolute Gasteiger partial charge is 0.504 e. The summed E-state index contributed by atoms with van der Waals surface area (Å²) in [4.78, 5) is 29.2. The van der Waals surface area contributed by atoms with Crippen LogP contribution in [0.5, 0.6) is 17.2 Å². The van der Waals surface area contributed by atoms with Gasteiger partial charge in [-0.05, 0) is 68.3 Å². The second kappa shape index (κ2) is 9.91. The van der Waals surface area contributed by atoms with Gasteiger partial charge in [-0.3, -0.25) is 9.59 Å². The van der Waals surface area contributed by atoms with Crippen LogP contribution in [0.25, 0.3) is 11.3 Å². The number of hydrogen-bond acceptors (Lipinski definition) is 7. The highest BCUT2D eigenvalue weighted by Crippen LogP contribution is 2.47. The molecule has 41 heavy (non-hydrogen) atoms. The molecule has 1 aliphatic carbocycles. The van der Waals surface area contributed by atoms with Crippen LogP contribution in [0.15, 0.2) is 48.5 Å². The molecular formula is C28H25F4N3O6. The Kier molecular flexibility index (Phi) is 6.80. The van der Waals surface area contributed by atoms with Gasteiger partial charge < -0.3 is 30.7 Å². The van der Waals surface area contributed by atoms with Crippen molar-refractivity contribution in [2.45, 2.75) is 43.1 Å². The number of aromatic nitrogens is 1. The summed E-state index contributed by atoms with van der Waals surface area (Å²) >= 11 is 0. The Balaban J connectivity index is 1.54. The average Bonchev–Trinajstić information content (AvgIpc) is 3.68. The minimum absolute atomic E-state index is 0.00111. The normalized spacial score (nSPS) is 19.6. The molecule has 0 spiro atoms. The average molecular weight is 576 g/mol. The number of fused-ring (bicyclic) bond motifs is 1. The first-order valence-electron chi connectivity index (χ1n) is 12.5. The van der Waals surface area contributed by atoms with Gasteiger partial charge in [0.2, 0.25) is 11.5 Å². The predicted octanol–water partition coefficient (Wildman–Crippen LogP) is 3.45. The van der Waals surface area contributed by atoms with Crippen molar-refractivity contribution in [1.29, 1.82) is 0 Å². The molecule has 3 aromatic rings. The smallest absolute Gasteiger partial charge is 0.424 e. The first-order valence-corrected chi connectivity index (χ1v) is 12.5. The third-order valence-corrected chi connectivity index (χ3v) is 7.17. The molecule has 0 bridgehead atoms. The number of rotatable bonds is 8. The van der Waals surface area contributed by atoms with E-state index in [1.54, 1.807) is 0 Å². The van der Waals surface area contributed by atoms with Gasteiger partial charge in [0, 0.05) is 16.7 Å². The van der Waals surface area contributed by atoms with Gasteiger partial charge in [-0.25, -0.2) is 9.37 Å². The molecule has 2 amide bonds. The van der Waals surface area contributed by atoms with Gasteiger partial charge in [-0.15, -0.1) is 0 Å². The standard InChI is InChI=1S/C28H25F4N3O6/c1-26(25(33)38)13-40-23-18(26)11-21(35-22(23)14-2-5-16(29)6-3-14)27(39,28(30,31)32)12-34-24(37)15-4-9-19(36)20(10-15)41-17-7-8-17/h2-6,9-11,17,36,39H,7-8,12-13H2,1H3,(H2,33,38)(H,34,37)/t26-,27?/m0/s1. The van der Waals surface area contributed by atoms with Crippen molar-refractivity contribution >= 4 is 11.8 Å². The third kappa shape index (κ3) is 5.12. The number of ether oxygens (including phenoxy) is 2. The number of halogens is 4. The quantitative estimate of drug-likeness (QED) is 0.301. The Morgan fingerprint density at radius 2 is 1.85 bits per heavy atom. The van der Waals surface area contributed by atoms with E-state index in [4.69, 9.17) is 15.2 Å². The van der Waals surface area contributed by atoms with E-state index in [1.165, 1.54) is 37.3 Å². The number of amides is 2. The predicted molar refractivity (Wildman–Crippen MR) is 136 cm³/mol. The van der Waals surface area contributed by atoms with Crippen LogP contribution in [0.2, 0.25) is 0 Å². The van der Waals surface area contributed by atoms with Crippen LogP contribution in [0.4, 0.5) is 17.6 Å². The van der Waals surface area contributed by atoms with Gasteiger partial charge in [-0.1, -0.05) is 0 Å². The number of benzene rings is 2. The van der Waals surface area contributed by atoms with Crippen LogP contribution in [-0.2, 0) is 15.8 Å². The van der Waals surface area contributed by atoms with Gasteiger partial charge in [0.05, 0.1) is 18.3 Å². The van der Waals surface area contributed by atoms with Crippen molar-refractivity contribution < 1.29 is 46.8 Å². The Bertz CT molecular complexity index is 1530. The molecule has 13 heteroatoms. The molecule has 1 fully saturated rings. The molecule has 9 nitrogen and oxygen atoms in total. The summed E-state index contributed by atoms with van der Waals surface area (Å²) in [5.41, 5.74) is -0.887. The number of aromatic hydroxyl groups is 1. The molecule has 2 heterocycles. The summed E-state index contributed by atoms with van der Waals surface area (Å²) < 4.78 is 68.3. The summed E-state index contributed by atoms with van der Waals surface area (Å²) in [5, 5.41) is 23.2. The Labute approximate surface area is 230 Å². The second-order valence-electron chi connectivity index (χ2n) is 10.3. The summed E-state index contributed by atoms with van der Waals surface area (Å²) in [6.45, 7) is -0.290. The van der Waals surface area contributed by atoms with Gasteiger partial charge in [0.15, 0.2) is 11.5 Å². The minimum Gasteiger partial charge on any atom is -0.504 e. The van der Waals surface area contributed by atoms with Crippen LogP contribution in [0.3, 0.4) is 0 Å². The summed E-state index contributed by atoms with van der Waals surface area (Å²) in [6.07, 6.45) is -3.95. The van der Waals surface area contributed by atoms with Crippen molar-refractivity contribution in [2.75, 3.05) is 13.2 Å². The lowest BCUT2D eigenvalue weighted by Gasteiger charge is -2.31. The molecule has 2 atom stereocenters. The van der Waals surface area contributed by atoms with E-state index < -0.39 is 47.1 Å². The fourth-order valence-electron chi connectivity index (χ4n) is 4.36. The molecule has 0 radical (unpaired) electrons. The summed E-state index contributed by atoms with van der Waals surface area (Å²) in [6, 6.07) is 9.06. The highest BCUT2D eigenvalue weighted by molar-refractivity contribution is 5.95. The number of nitrogens with two attached hydrogens (primary N) is 1. The zero-order chi connectivity index (χ0) is 29.7. The van der Waals surface area contributed by atoms with Crippen molar-refractivity contribution in [1.82, 2.24) is 10.3 Å². The maximum absolute atomic E-state index is 14.5. The Morgan fingerprint density at radius 1 is 1.17 bits per heavy atom. The van der Waals surface area contributed by atoms with Gasteiger partial charge >= 0.3 is 6.18 Å². The number of nitrogens with one attached hydrogen (secondary N) is 1. The molecule has 0 saturated heterocycles. The fourth-order valence-corrected chi connectivity index (χ4v) is 4.36. The number of nitrogens with zero attached hydrogens (tertiary/aromatic N) is 1. The lowest BCUT2D eigenvalue weighted by Crippen LogP contribution is -2.51. The van der Waals surface area contributed by atoms with Crippen LogP contribution >= 0.6 is 0 Å². The van der Waals surface area contributed by atoms with Gasteiger partial charge in [-0.2, -0.15) is 13.2 Å². The number of alkyl halides is 3. The molecular weight excluding hydrogens is 550 g/mol. The number of hydrogen-bond donors (Lipinski definition) is 4. The van der Waals surface area contributed by atoms with E-state index in [1.807, 2.05) is 0 Å². The van der Waals surface area contributed by atoms with Crippen LogP contribution in [0.1, 0.15) is 41.4 Å². The first-order chi connectivity index (χ1) is 19.2. The number of carbonyl (C=O) groups is 2. The number of primary amides is 1. The molecule has 1 aliphatic heterocycles. The highest BCUT2D eigenvalue weighted by atomic mass is 19.4. The molecule has 1 unspecified atom stereocenters. The zero-order valence-electron chi connectivity index (χ0n) is 21.6. The van der Waals surface area contributed by atoms with E-state index >= 15 is 0 Å². The maximum atomic E-state index is 14.5. The topological polar surface area (TPSA) is 144 Å². The van der Waals surface area contributed by atoms with E-state index in [0.29, 0.717) is 0 Å². The lowest BCUT2D eigenvalue weighted by atomic mass is 9.81. The Hall–Kier alpha value is -4.39. The summed E-state index contributed by atoms with van der Waals surface area (Å²) in [7, 11) is 0.